The molecule has 8 heteroatoms. The summed E-state index contributed by atoms with van der Waals surface area (Å²) < 4.78 is 1.20. The van der Waals surface area contributed by atoms with Gasteiger partial charge < -0.3 is 0 Å². The number of nitrogens with one attached hydrogen (secondary N) is 2. The van der Waals surface area contributed by atoms with Crippen molar-refractivity contribution in [1.29, 1.82) is 0 Å². The summed E-state index contributed by atoms with van der Waals surface area (Å²) >= 11 is 1.36. The predicted molar refractivity (Wildman–Crippen MR) is 105 cm³/mol. The maximum Gasteiger partial charge on any atom is 0.269 e. The Hall–Kier alpha value is -3.00. The molecule has 2 heterocycles. The molecular weight excluding hydrogens is 364 g/mol. The van der Waals surface area contributed by atoms with Gasteiger partial charge >= 0.3 is 0 Å². The quantitative estimate of drug-likeness (QED) is 0.677. The Balaban J connectivity index is 1.60. The molecule has 0 radical (unpaired) electrons. The van der Waals surface area contributed by atoms with Gasteiger partial charge in [0.2, 0.25) is 0 Å². The number of hydrogen-bond acceptors (Lipinski definition) is 5. The van der Waals surface area contributed by atoms with E-state index in [1.807, 2.05) is 12.1 Å². The van der Waals surface area contributed by atoms with Crippen LogP contribution < -0.4 is 16.4 Å². The number of amides is 2. The lowest BCUT2D eigenvalue weighted by atomic mass is 9.87. The molecule has 0 saturated carbocycles. The summed E-state index contributed by atoms with van der Waals surface area (Å²) in [4.78, 5) is 41.2. The number of carbonyl (C=O) groups excluding carboxylic acids is 2. The second-order valence-electron chi connectivity index (χ2n) is 7.15. The average Bonchev–Trinajstić information content (AvgIpc) is 3.11. The number of hydrogen-bond donors (Lipinski definition) is 2. The molecule has 0 saturated heterocycles. The highest BCUT2D eigenvalue weighted by Crippen LogP contribution is 2.22. The smallest absolute Gasteiger partial charge is 0.269 e. The highest BCUT2D eigenvalue weighted by atomic mass is 32.1. The van der Waals surface area contributed by atoms with Gasteiger partial charge in [0.15, 0.2) is 0 Å². The van der Waals surface area contributed by atoms with Crippen molar-refractivity contribution in [3.8, 4) is 0 Å². The van der Waals surface area contributed by atoms with Crippen LogP contribution in [0.4, 0.5) is 0 Å². The molecule has 0 aliphatic rings. The second-order valence-corrected chi connectivity index (χ2v) is 8.04. The van der Waals surface area contributed by atoms with Gasteiger partial charge in [0, 0.05) is 5.56 Å². The normalized spacial score (nSPS) is 11.4. The lowest BCUT2D eigenvalue weighted by molar-refractivity contribution is -0.122. The first kappa shape index (κ1) is 18.8. The largest absolute Gasteiger partial charge is 0.289 e. The average molecular weight is 384 g/mol. The van der Waals surface area contributed by atoms with E-state index >= 15 is 0 Å². The summed E-state index contributed by atoms with van der Waals surface area (Å²) in [7, 11) is 0. The lowest BCUT2D eigenvalue weighted by Gasteiger charge is -2.19. The molecule has 0 fully saturated rings. The molecule has 0 aliphatic heterocycles. The van der Waals surface area contributed by atoms with Gasteiger partial charge in [-0.25, -0.2) is 4.98 Å². The fraction of sp³-hybridized carbons (Fsp3) is 0.263. The summed E-state index contributed by atoms with van der Waals surface area (Å²) in [5.74, 6) is -0.948. The Kier molecular flexibility index (Phi) is 5.09. The van der Waals surface area contributed by atoms with Crippen LogP contribution in [0.15, 0.2) is 46.8 Å². The Morgan fingerprint density at radius 1 is 1.11 bits per heavy atom. The number of hydrazine groups is 1. The van der Waals surface area contributed by atoms with Crippen LogP contribution in [0, 0.1) is 0 Å². The second kappa shape index (κ2) is 7.32. The molecular formula is C19H20N4O3S. The molecule has 0 aliphatic carbocycles. The van der Waals surface area contributed by atoms with Crippen LogP contribution in [0.5, 0.6) is 0 Å². The van der Waals surface area contributed by atoms with E-state index in [9.17, 15) is 14.4 Å². The fourth-order valence-electron chi connectivity index (χ4n) is 2.52. The Bertz CT molecular complexity index is 1050. The molecule has 0 spiro atoms. The third-order valence-electron chi connectivity index (χ3n) is 4.09. The number of rotatable bonds is 3. The SMILES string of the molecule is CC(C)(C)c1ccc(C(=O)NNC(=O)Cn2cnc3sccc3c2=O)cc1. The van der Waals surface area contributed by atoms with Gasteiger partial charge in [-0.1, -0.05) is 32.9 Å². The van der Waals surface area contributed by atoms with E-state index in [1.54, 1.807) is 23.6 Å². The van der Waals surface area contributed by atoms with E-state index in [-0.39, 0.29) is 17.5 Å². The van der Waals surface area contributed by atoms with Crippen molar-refractivity contribution >= 4 is 33.4 Å². The van der Waals surface area contributed by atoms with Gasteiger partial charge in [-0.15, -0.1) is 11.3 Å². The topological polar surface area (TPSA) is 93.1 Å². The van der Waals surface area contributed by atoms with Crippen LogP contribution >= 0.6 is 11.3 Å². The molecule has 2 aromatic heterocycles. The standard InChI is InChI=1S/C19H20N4O3S/c1-19(2,3)13-6-4-12(5-7-13)16(25)22-21-15(24)10-23-11-20-17-14(18(23)26)8-9-27-17/h4-9,11H,10H2,1-3H3,(H,21,24)(H,22,25). The number of nitrogens with zero attached hydrogens (tertiary/aromatic N) is 2. The number of aromatic nitrogens is 2. The first-order valence-corrected chi connectivity index (χ1v) is 9.26. The molecule has 0 bridgehead atoms. The highest BCUT2D eigenvalue weighted by molar-refractivity contribution is 7.16. The fourth-order valence-corrected chi connectivity index (χ4v) is 3.24. The van der Waals surface area contributed by atoms with Crippen molar-refractivity contribution in [3.05, 3.63) is 63.5 Å². The Morgan fingerprint density at radius 2 is 1.81 bits per heavy atom. The monoisotopic (exact) mass is 384 g/mol. The van der Waals surface area contributed by atoms with Gasteiger partial charge in [0.05, 0.1) is 11.7 Å². The molecule has 1 aromatic carbocycles. The molecule has 0 unspecified atom stereocenters. The van der Waals surface area contributed by atoms with Crippen molar-refractivity contribution in [2.45, 2.75) is 32.7 Å². The van der Waals surface area contributed by atoms with Gasteiger partial charge in [0.1, 0.15) is 11.4 Å². The van der Waals surface area contributed by atoms with Crippen molar-refractivity contribution in [3.63, 3.8) is 0 Å². The van der Waals surface area contributed by atoms with Crippen molar-refractivity contribution < 1.29 is 9.59 Å². The van der Waals surface area contributed by atoms with Gasteiger partial charge in [-0.05, 0) is 34.6 Å². The first-order valence-electron chi connectivity index (χ1n) is 8.38. The Morgan fingerprint density at radius 3 is 2.48 bits per heavy atom. The lowest BCUT2D eigenvalue weighted by Crippen LogP contribution is -2.44. The number of thiophene rings is 1. The van der Waals surface area contributed by atoms with Gasteiger partial charge in [-0.3, -0.25) is 29.8 Å². The Labute approximate surface area is 160 Å². The molecule has 0 atom stereocenters. The molecule has 7 nitrogen and oxygen atoms in total. The maximum atomic E-state index is 12.3. The van der Waals surface area contributed by atoms with E-state index in [4.69, 9.17) is 0 Å². The molecule has 3 rings (SSSR count). The van der Waals surface area contributed by atoms with Gasteiger partial charge in [0.25, 0.3) is 17.4 Å². The first-order chi connectivity index (χ1) is 12.8. The summed E-state index contributed by atoms with van der Waals surface area (Å²) in [6.07, 6.45) is 1.33. The van der Waals surface area contributed by atoms with Crippen LogP contribution in [0.3, 0.4) is 0 Å². The summed E-state index contributed by atoms with van der Waals surface area (Å²) in [6.45, 7) is 6.03. The van der Waals surface area contributed by atoms with Crippen molar-refractivity contribution in [2.24, 2.45) is 0 Å². The van der Waals surface area contributed by atoms with Crippen molar-refractivity contribution in [2.75, 3.05) is 0 Å². The minimum absolute atomic E-state index is 0.00588. The summed E-state index contributed by atoms with van der Waals surface area (Å²) in [5, 5.41) is 2.24. The zero-order chi connectivity index (χ0) is 19.6. The van der Waals surface area contributed by atoms with Crippen LogP contribution in [-0.4, -0.2) is 21.4 Å². The van der Waals surface area contributed by atoms with E-state index < -0.39 is 11.8 Å². The zero-order valence-electron chi connectivity index (χ0n) is 15.3. The van der Waals surface area contributed by atoms with E-state index in [2.05, 4.69) is 36.6 Å². The summed E-state index contributed by atoms with van der Waals surface area (Å²) in [5.41, 5.74) is 5.92. The van der Waals surface area contributed by atoms with E-state index in [0.29, 0.717) is 15.8 Å². The molecule has 2 N–H and O–H groups in total. The van der Waals surface area contributed by atoms with E-state index in [0.717, 1.165) is 5.56 Å². The van der Waals surface area contributed by atoms with Crippen LogP contribution in [0.2, 0.25) is 0 Å². The maximum absolute atomic E-state index is 12.3. The van der Waals surface area contributed by atoms with E-state index in [1.165, 1.54) is 22.2 Å². The summed E-state index contributed by atoms with van der Waals surface area (Å²) in [6, 6.07) is 8.87. The number of benzene rings is 1. The van der Waals surface area contributed by atoms with Crippen molar-refractivity contribution in [1.82, 2.24) is 20.4 Å². The molecule has 27 heavy (non-hydrogen) atoms. The third-order valence-corrected chi connectivity index (χ3v) is 4.91. The highest BCUT2D eigenvalue weighted by Gasteiger charge is 2.15. The predicted octanol–water partition coefficient (Wildman–Crippen LogP) is 2.22. The minimum atomic E-state index is -0.520. The van der Waals surface area contributed by atoms with Crippen LogP contribution in [0.1, 0.15) is 36.7 Å². The minimum Gasteiger partial charge on any atom is -0.289 e. The van der Waals surface area contributed by atoms with Crippen LogP contribution in [0.25, 0.3) is 10.2 Å². The van der Waals surface area contributed by atoms with Gasteiger partial charge in [-0.2, -0.15) is 0 Å². The molecule has 2 amide bonds. The molecule has 3 aromatic rings. The third kappa shape index (κ3) is 4.22. The zero-order valence-corrected chi connectivity index (χ0v) is 16.1. The molecule has 140 valence electrons. The van der Waals surface area contributed by atoms with Crippen LogP contribution in [-0.2, 0) is 16.8 Å². The number of carbonyl (C=O) groups is 2. The number of fused-ring (bicyclic) bond motifs is 1.